The molecule has 1 heterocycles. The first-order valence-corrected chi connectivity index (χ1v) is 6.88. The zero-order valence-electron chi connectivity index (χ0n) is 11.6. The van der Waals surface area contributed by atoms with Gasteiger partial charge in [0.1, 0.15) is 18.2 Å². The molecule has 3 heteroatoms. The topological polar surface area (TPSA) is 33.6 Å². The highest BCUT2D eigenvalue weighted by Crippen LogP contribution is 2.15. The first-order valence-electron chi connectivity index (χ1n) is 6.88. The largest absolute Gasteiger partial charge is 0.489 e. The minimum absolute atomic E-state index is 0.596. The van der Waals surface area contributed by atoms with Gasteiger partial charge in [0.15, 0.2) is 0 Å². The zero-order valence-corrected chi connectivity index (χ0v) is 11.6. The molecule has 0 radical (unpaired) electrons. The van der Waals surface area contributed by atoms with Crippen molar-refractivity contribution >= 4 is 5.84 Å². The Kier molecular flexibility index (Phi) is 3.68. The van der Waals surface area contributed by atoms with Gasteiger partial charge in [-0.2, -0.15) is 0 Å². The number of ether oxygens (including phenoxy) is 1. The van der Waals surface area contributed by atoms with Crippen LogP contribution < -0.4 is 10.1 Å². The number of rotatable bonds is 4. The number of aryl methyl sites for hydroxylation is 1. The van der Waals surface area contributed by atoms with E-state index >= 15 is 0 Å². The first kappa shape index (κ1) is 12.7. The number of benzene rings is 2. The van der Waals surface area contributed by atoms with Crippen molar-refractivity contribution in [3.05, 3.63) is 65.2 Å². The number of aliphatic imine (C=N–C) groups is 1. The van der Waals surface area contributed by atoms with Crippen LogP contribution in [0.5, 0.6) is 5.75 Å². The van der Waals surface area contributed by atoms with Gasteiger partial charge in [-0.05, 0) is 36.8 Å². The van der Waals surface area contributed by atoms with Crippen molar-refractivity contribution < 1.29 is 4.74 Å². The Bertz CT molecular complexity index is 600. The van der Waals surface area contributed by atoms with Gasteiger partial charge < -0.3 is 10.1 Å². The van der Waals surface area contributed by atoms with Crippen LogP contribution in [0, 0.1) is 6.92 Å². The molecule has 102 valence electrons. The summed E-state index contributed by atoms with van der Waals surface area (Å²) in [6.45, 7) is 4.48. The SMILES string of the molecule is Cc1ccc(COc2ccc(C3=NCCN3)cc2)cc1. The highest BCUT2D eigenvalue weighted by Gasteiger charge is 2.07. The molecule has 0 bridgehead atoms. The third kappa shape index (κ3) is 2.99. The van der Waals surface area contributed by atoms with Gasteiger partial charge in [0.2, 0.25) is 0 Å². The fraction of sp³-hybridized carbons (Fsp3) is 0.235. The van der Waals surface area contributed by atoms with Crippen molar-refractivity contribution in [2.45, 2.75) is 13.5 Å². The smallest absolute Gasteiger partial charge is 0.128 e. The number of hydrogen-bond donors (Lipinski definition) is 1. The van der Waals surface area contributed by atoms with E-state index in [0.29, 0.717) is 6.61 Å². The van der Waals surface area contributed by atoms with E-state index < -0.39 is 0 Å². The fourth-order valence-corrected chi connectivity index (χ4v) is 2.15. The minimum atomic E-state index is 0.596. The Balaban J connectivity index is 1.62. The highest BCUT2D eigenvalue weighted by atomic mass is 16.5. The van der Waals surface area contributed by atoms with Crippen LogP contribution in [-0.2, 0) is 6.61 Å². The van der Waals surface area contributed by atoms with Crippen LogP contribution in [-0.4, -0.2) is 18.9 Å². The molecule has 0 spiro atoms. The summed E-state index contributed by atoms with van der Waals surface area (Å²) >= 11 is 0. The lowest BCUT2D eigenvalue weighted by Gasteiger charge is -2.08. The van der Waals surface area contributed by atoms with Crippen LogP contribution >= 0.6 is 0 Å². The molecule has 2 aromatic rings. The van der Waals surface area contributed by atoms with Crippen molar-refractivity contribution in [3.63, 3.8) is 0 Å². The molecule has 3 rings (SSSR count). The average Bonchev–Trinajstić information content (AvgIpc) is 3.01. The molecule has 0 aromatic heterocycles. The van der Waals surface area contributed by atoms with E-state index in [9.17, 15) is 0 Å². The third-order valence-electron chi connectivity index (χ3n) is 3.33. The van der Waals surface area contributed by atoms with E-state index in [0.717, 1.165) is 30.2 Å². The Hall–Kier alpha value is -2.29. The Labute approximate surface area is 119 Å². The Morgan fingerprint density at radius 2 is 1.80 bits per heavy atom. The van der Waals surface area contributed by atoms with Crippen LogP contribution in [0.1, 0.15) is 16.7 Å². The predicted octanol–water partition coefficient (Wildman–Crippen LogP) is 2.92. The fourth-order valence-electron chi connectivity index (χ4n) is 2.15. The maximum atomic E-state index is 5.79. The van der Waals surface area contributed by atoms with E-state index in [2.05, 4.69) is 41.5 Å². The lowest BCUT2D eigenvalue weighted by atomic mass is 10.1. The summed E-state index contributed by atoms with van der Waals surface area (Å²) in [5, 5.41) is 3.26. The molecule has 1 N–H and O–H groups in total. The van der Waals surface area contributed by atoms with Crippen molar-refractivity contribution in [2.75, 3.05) is 13.1 Å². The molecule has 0 atom stereocenters. The van der Waals surface area contributed by atoms with Crippen LogP contribution in [0.3, 0.4) is 0 Å². The second-order valence-electron chi connectivity index (χ2n) is 4.96. The zero-order chi connectivity index (χ0) is 13.8. The van der Waals surface area contributed by atoms with E-state index in [-0.39, 0.29) is 0 Å². The van der Waals surface area contributed by atoms with Crippen molar-refractivity contribution in [1.29, 1.82) is 0 Å². The predicted molar refractivity (Wildman–Crippen MR) is 81.4 cm³/mol. The molecule has 0 unspecified atom stereocenters. The van der Waals surface area contributed by atoms with Crippen LogP contribution in [0.15, 0.2) is 53.5 Å². The van der Waals surface area contributed by atoms with Crippen LogP contribution in [0.25, 0.3) is 0 Å². The van der Waals surface area contributed by atoms with Crippen molar-refractivity contribution in [2.24, 2.45) is 4.99 Å². The summed E-state index contributed by atoms with van der Waals surface area (Å²) in [5.41, 5.74) is 3.56. The molecule has 0 saturated carbocycles. The van der Waals surface area contributed by atoms with Gasteiger partial charge in [0.25, 0.3) is 0 Å². The summed E-state index contributed by atoms with van der Waals surface area (Å²) in [7, 11) is 0. The highest BCUT2D eigenvalue weighted by molar-refractivity contribution is 5.99. The van der Waals surface area contributed by atoms with E-state index in [1.54, 1.807) is 0 Å². The molecule has 0 fully saturated rings. The second-order valence-corrected chi connectivity index (χ2v) is 4.96. The standard InChI is InChI=1S/C17H18N2O/c1-13-2-4-14(5-3-13)12-20-16-8-6-15(7-9-16)17-18-10-11-19-17/h2-9H,10-12H2,1H3,(H,18,19). The molecule has 0 aliphatic carbocycles. The summed E-state index contributed by atoms with van der Waals surface area (Å²) in [6.07, 6.45) is 0. The summed E-state index contributed by atoms with van der Waals surface area (Å²) in [5.74, 6) is 1.86. The monoisotopic (exact) mass is 266 g/mol. The first-order chi connectivity index (χ1) is 9.81. The lowest BCUT2D eigenvalue weighted by Crippen LogP contribution is -2.19. The Morgan fingerprint density at radius 3 is 2.45 bits per heavy atom. The second kappa shape index (κ2) is 5.78. The minimum Gasteiger partial charge on any atom is -0.489 e. The summed E-state index contributed by atoms with van der Waals surface area (Å²) in [4.78, 5) is 4.40. The molecule has 20 heavy (non-hydrogen) atoms. The van der Waals surface area contributed by atoms with Gasteiger partial charge in [-0.1, -0.05) is 29.8 Å². The molecule has 2 aromatic carbocycles. The normalized spacial score (nSPS) is 13.8. The number of amidine groups is 1. The number of nitrogens with one attached hydrogen (secondary N) is 1. The molecule has 1 aliphatic heterocycles. The molecule has 1 aliphatic rings. The quantitative estimate of drug-likeness (QED) is 0.923. The Morgan fingerprint density at radius 1 is 1.05 bits per heavy atom. The van der Waals surface area contributed by atoms with Crippen molar-refractivity contribution in [1.82, 2.24) is 5.32 Å². The van der Waals surface area contributed by atoms with Crippen LogP contribution in [0.4, 0.5) is 0 Å². The van der Waals surface area contributed by atoms with E-state index in [4.69, 9.17) is 4.74 Å². The summed E-state index contributed by atoms with van der Waals surface area (Å²) < 4.78 is 5.79. The molecule has 0 amide bonds. The van der Waals surface area contributed by atoms with Gasteiger partial charge >= 0.3 is 0 Å². The van der Waals surface area contributed by atoms with Crippen molar-refractivity contribution in [3.8, 4) is 5.75 Å². The van der Waals surface area contributed by atoms with Gasteiger partial charge in [-0.15, -0.1) is 0 Å². The van der Waals surface area contributed by atoms with Crippen LogP contribution in [0.2, 0.25) is 0 Å². The average molecular weight is 266 g/mol. The number of hydrogen-bond acceptors (Lipinski definition) is 3. The van der Waals surface area contributed by atoms with E-state index in [1.807, 2.05) is 24.3 Å². The molecular formula is C17H18N2O. The lowest BCUT2D eigenvalue weighted by molar-refractivity contribution is 0.306. The van der Waals surface area contributed by atoms with Gasteiger partial charge in [-0.25, -0.2) is 0 Å². The molecule has 0 saturated heterocycles. The molecular weight excluding hydrogens is 248 g/mol. The van der Waals surface area contributed by atoms with Gasteiger partial charge in [0.05, 0.1) is 6.54 Å². The van der Waals surface area contributed by atoms with Gasteiger partial charge in [0, 0.05) is 12.1 Å². The third-order valence-corrected chi connectivity index (χ3v) is 3.33. The maximum Gasteiger partial charge on any atom is 0.128 e. The molecule has 3 nitrogen and oxygen atoms in total. The summed E-state index contributed by atoms with van der Waals surface area (Å²) in [6, 6.07) is 16.5. The number of nitrogens with zero attached hydrogens (tertiary/aromatic N) is 1. The maximum absolute atomic E-state index is 5.79. The van der Waals surface area contributed by atoms with E-state index in [1.165, 1.54) is 11.1 Å². The van der Waals surface area contributed by atoms with Gasteiger partial charge in [-0.3, -0.25) is 4.99 Å².